The molecule has 0 bridgehead atoms. The van der Waals surface area contributed by atoms with Crippen molar-refractivity contribution in [3.8, 4) is 11.5 Å². The zero-order valence-corrected chi connectivity index (χ0v) is 26.2. The van der Waals surface area contributed by atoms with Crippen LogP contribution in [-0.4, -0.2) is 74.4 Å². The molecule has 3 unspecified atom stereocenters. The lowest BCUT2D eigenvalue weighted by Crippen LogP contribution is -2.35. The van der Waals surface area contributed by atoms with E-state index >= 15 is 0 Å². The molecule has 0 amide bonds. The predicted molar refractivity (Wildman–Crippen MR) is 152 cm³/mol. The molecule has 0 saturated heterocycles. The van der Waals surface area contributed by atoms with Crippen molar-refractivity contribution in [2.24, 2.45) is 0 Å². The van der Waals surface area contributed by atoms with Crippen molar-refractivity contribution in [1.82, 2.24) is 12.9 Å². The molecule has 194 valence electrons. The van der Waals surface area contributed by atoms with Crippen molar-refractivity contribution < 1.29 is 9.63 Å². The number of phenolic OH excluding ortho intramolecular Hbond substituents is 1. The zero-order chi connectivity index (χ0) is 26.3. The first-order valence-electron chi connectivity index (χ1n) is 11.3. The fourth-order valence-corrected chi connectivity index (χ4v) is 12.1. The topological polar surface area (TPSA) is 65.2 Å². The van der Waals surface area contributed by atoms with Crippen molar-refractivity contribution in [2.75, 3.05) is 75.7 Å². The number of hydrogen-bond donors (Lipinski definition) is 1. The van der Waals surface area contributed by atoms with Gasteiger partial charge in [0.1, 0.15) is 5.75 Å². The lowest BCUT2D eigenvalue weighted by Gasteiger charge is -2.28. The first-order chi connectivity index (χ1) is 15.4. The summed E-state index contributed by atoms with van der Waals surface area (Å²) in [5, 5.41) is 15.4. The second-order valence-corrected chi connectivity index (χ2v) is 17.5. The molecule has 3 atom stereocenters. The molecule has 1 aromatic carbocycles. The Kier molecular flexibility index (Phi) is 9.03. The minimum absolute atomic E-state index is 0.226. The molecule has 0 aliphatic heterocycles. The molecule has 0 saturated carbocycles. The number of rotatable bonds is 6. The molecule has 0 fully saturated rings. The molecule has 2 rings (SSSR count). The minimum atomic E-state index is -1.34. The van der Waals surface area contributed by atoms with Crippen LogP contribution in [0, 0.1) is 0 Å². The van der Waals surface area contributed by atoms with Crippen LogP contribution < -0.4 is 23.9 Å². The van der Waals surface area contributed by atoms with Crippen LogP contribution in [0.25, 0.3) is 0 Å². The highest BCUT2D eigenvalue weighted by Crippen LogP contribution is 2.48. The van der Waals surface area contributed by atoms with E-state index in [1.54, 1.807) is 0 Å². The van der Waals surface area contributed by atoms with E-state index in [0.29, 0.717) is 5.75 Å². The van der Waals surface area contributed by atoms with Gasteiger partial charge in [-0.2, -0.15) is 19.4 Å². The van der Waals surface area contributed by atoms with Crippen LogP contribution in [0.1, 0.15) is 52.7 Å². The summed E-state index contributed by atoms with van der Waals surface area (Å²) >= 11 is 0. The highest BCUT2D eigenvalue weighted by Gasteiger charge is 2.33. The third-order valence-corrected chi connectivity index (χ3v) is 12.8. The lowest BCUT2D eigenvalue weighted by atomic mass is 9.79. The first-order valence-corrected chi connectivity index (χ1v) is 14.9. The smallest absolute Gasteiger partial charge is 0.405 e. The molecule has 0 radical (unpaired) electrons. The summed E-state index contributed by atoms with van der Waals surface area (Å²) in [6, 6.07) is 3.98. The molecule has 0 spiro atoms. The number of nitrogens with zero attached hydrogens (tertiary/aromatic N) is 7. The fraction of sp³-hybridized carbons (Fsp3) is 0.727. The van der Waals surface area contributed by atoms with E-state index in [9.17, 15) is 5.11 Å². The number of aromatic hydroxyl groups is 1. The van der Waals surface area contributed by atoms with Gasteiger partial charge in [0.25, 0.3) is 16.0 Å². The van der Waals surface area contributed by atoms with Crippen LogP contribution in [0.4, 0.5) is 0 Å². The van der Waals surface area contributed by atoms with Crippen LogP contribution in [0.5, 0.6) is 11.5 Å². The SMILES string of the molecule is CN(C)n1p(Oc2cc(C(C)(C)C)c(O)c(C(C)(C)C)c2)n[p+](N(C)C)n(N(C)C)p1N(C)C. The molecule has 1 N–H and O–H groups in total. The third-order valence-electron chi connectivity index (χ3n) is 5.11. The van der Waals surface area contributed by atoms with Gasteiger partial charge < -0.3 is 9.63 Å². The Hall–Kier alpha value is -1.04. The van der Waals surface area contributed by atoms with E-state index in [0.717, 1.165) is 16.9 Å². The van der Waals surface area contributed by atoms with Gasteiger partial charge in [0.2, 0.25) is 0 Å². The van der Waals surface area contributed by atoms with Crippen LogP contribution in [0.3, 0.4) is 0 Å². The molecule has 0 aliphatic rings. The van der Waals surface area contributed by atoms with Crippen LogP contribution in [0.15, 0.2) is 12.1 Å². The molecule has 1 heterocycles. The second-order valence-electron chi connectivity index (χ2n) is 11.3. The summed E-state index contributed by atoms with van der Waals surface area (Å²) < 4.78 is 21.0. The van der Waals surface area contributed by atoms with E-state index in [2.05, 4.69) is 112 Å². The van der Waals surface area contributed by atoms with E-state index in [-0.39, 0.29) is 10.8 Å². The Bertz CT molecular complexity index is 1010. The maximum atomic E-state index is 11.1. The molecule has 12 heteroatoms. The highest BCUT2D eigenvalue weighted by atomic mass is 31.2. The van der Waals surface area contributed by atoms with Crippen molar-refractivity contribution in [3.05, 3.63) is 23.3 Å². The Labute approximate surface area is 209 Å². The van der Waals surface area contributed by atoms with Crippen molar-refractivity contribution >= 4 is 24.1 Å². The largest absolute Gasteiger partial charge is 0.507 e. The van der Waals surface area contributed by atoms with Gasteiger partial charge >= 0.3 is 8.08 Å². The average molecular weight is 533 g/mol. The monoisotopic (exact) mass is 532 g/mol. The summed E-state index contributed by atoms with van der Waals surface area (Å²) in [5.74, 6) is 1.10. The average Bonchev–Trinajstić information content (AvgIpc) is 2.65. The molecule has 2 aromatic rings. The second kappa shape index (κ2) is 10.5. The maximum Gasteiger partial charge on any atom is 0.405 e. The summed E-state index contributed by atoms with van der Waals surface area (Å²) in [4.78, 5) is 0. The van der Waals surface area contributed by atoms with Crippen LogP contribution in [0.2, 0.25) is 0 Å². The summed E-state index contributed by atoms with van der Waals surface area (Å²) in [7, 11) is 13.4. The van der Waals surface area contributed by atoms with Gasteiger partial charge in [-0.05, 0) is 27.5 Å². The normalized spacial score (nSPS) is 14.6. The van der Waals surface area contributed by atoms with Gasteiger partial charge in [-0.1, -0.05) is 49.9 Å². The molecular weight excluding hydrogens is 487 g/mol. The maximum absolute atomic E-state index is 11.1. The Morgan fingerprint density at radius 3 is 1.65 bits per heavy atom. The van der Waals surface area contributed by atoms with Crippen LogP contribution >= 0.6 is 24.1 Å². The summed E-state index contributed by atoms with van der Waals surface area (Å²) in [6.45, 7) is 12.7. The number of benzene rings is 1. The zero-order valence-electron chi connectivity index (χ0n) is 23.5. The lowest BCUT2D eigenvalue weighted by molar-refractivity contribution is 0.420. The van der Waals surface area contributed by atoms with Crippen LogP contribution in [-0.2, 0) is 10.8 Å². The Morgan fingerprint density at radius 2 is 1.32 bits per heavy atom. The minimum Gasteiger partial charge on any atom is -0.507 e. The molecule has 0 aliphatic carbocycles. The van der Waals surface area contributed by atoms with E-state index in [1.165, 1.54) is 0 Å². The quantitative estimate of drug-likeness (QED) is 0.563. The number of hydrogen-bond acceptors (Lipinski definition) is 7. The summed E-state index contributed by atoms with van der Waals surface area (Å²) in [5.41, 5.74) is 1.32. The molecule has 34 heavy (non-hydrogen) atoms. The summed E-state index contributed by atoms with van der Waals surface area (Å²) in [6.07, 6.45) is 0. The Balaban J connectivity index is 2.91. The van der Waals surface area contributed by atoms with E-state index in [4.69, 9.17) is 9.03 Å². The van der Waals surface area contributed by atoms with Gasteiger partial charge in [0.15, 0.2) is 5.75 Å². The van der Waals surface area contributed by atoms with Gasteiger partial charge in [-0.25, -0.2) is 0 Å². The van der Waals surface area contributed by atoms with Gasteiger partial charge in [-0.15, -0.1) is 0 Å². The molecular formula is C22H45N7O2P3+. The van der Waals surface area contributed by atoms with Crippen molar-refractivity contribution in [1.29, 1.82) is 0 Å². The predicted octanol–water partition coefficient (Wildman–Crippen LogP) is 4.98. The molecule has 9 nitrogen and oxygen atoms in total. The van der Waals surface area contributed by atoms with Gasteiger partial charge in [-0.3, -0.25) is 0 Å². The Morgan fingerprint density at radius 1 is 0.853 bits per heavy atom. The number of aromatic nitrogens is 3. The fourth-order valence-electron chi connectivity index (χ4n) is 3.50. The van der Waals surface area contributed by atoms with E-state index < -0.39 is 24.1 Å². The van der Waals surface area contributed by atoms with Crippen molar-refractivity contribution in [3.63, 3.8) is 0 Å². The number of phenols is 1. The third kappa shape index (κ3) is 6.20. The molecule has 1 aromatic heterocycles. The first kappa shape index (κ1) is 29.2. The van der Waals surface area contributed by atoms with Gasteiger partial charge in [0.05, 0.1) is 0 Å². The highest BCUT2D eigenvalue weighted by molar-refractivity contribution is 7.64. The van der Waals surface area contributed by atoms with Crippen molar-refractivity contribution in [2.45, 2.75) is 52.4 Å². The standard InChI is InChI=1S/C22H44N7O2P3/c1-21(2,3)18-15-17(16-19(20(18)30)22(4,5)6)31-33-23-32(26(11)12)28(24(7)8)34(27(13)14)29(33)25(9)10/h15-16H,1-14H3/p+1. The van der Waals surface area contributed by atoms with Gasteiger partial charge in [0, 0.05) is 67.5 Å². The van der Waals surface area contributed by atoms with E-state index in [1.807, 2.05) is 26.2 Å².